The van der Waals surface area contributed by atoms with Gasteiger partial charge in [-0.05, 0) is 31.4 Å². The SMILES string of the molecule is CCCCCCCCCCCCCCCCCCNC(=O)O[C@@H]1CC[C@@H](OC(=O)NCc2ccccn2)[C@H]1OC. The summed E-state index contributed by atoms with van der Waals surface area (Å²) in [5.41, 5.74) is 0.747. The van der Waals surface area contributed by atoms with Gasteiger partial charge in [-0.3, -0.25) is 4.98 Å². The van der Waals surface area contributed by atoms with Crippen molar-refractivity contribution in [1.82, 2.24) is 15.6 Å². The standard InChI is InChI=1S/C32H55N3O5/c1-3-4-5-6-7-8-9-10-11-12-13-14-15-16-17-19-25-34-31(36)39-28-22-23-29(30(28)38-2)40-32(37)35-26-27-21-18-20-24-33-27/h18,20-21,24,28-30H,3-17,19,22-23,25-26H2,1-2H3,(H,34,36)(H,35,37)/t28-,29-,30+/m1/s1. The lowest BCUT2D eigenvalue weighted by Gasteiger charge is -2.23. The number of hydrogen-bond acceptors (Lipinski definition) is 6. The molecule has 0 spiro atoms. The van der Waals surface area contributed by atoms with Crippen LogP contribution in [0.1, 0.15) is 128 Å². The monoisotopic (exact) mass is 561 g/mol. The zero-order valence-corrected chi connectivity index (χ0v) is 25.2. The van der Waals surface area contributed by atoms with Crippen molar-refractivity contribution in [3.63, 3.8) is 0 Å². The number of carbonyl (C=O) groups excluding carboxylic acids is 2. The summed E-state index contributed by atoms with van der Waals surface area (Å²) >= 11 is 0. The van der Waals surface area contributed by atoms with Gasteiger partial charge in [-0.1, -0.05) is 109 Å². The lowest BCUT2D eigenvalue weighted by atomic mass is 10.0. The van der Waals surface area contributed by atoms with Gasteiger partial charge in [0.15, 0.2) is 0 Å². The minimum Gasteiger partial charge on any atom is -0.443 e. The topological polar surface area (TPSA) is 98.8 Å². The molecule has 3 atom stereocenters. The van der Waals surface area contributed by atoms with Crippen LogP contribution in [0.3, 0.4) is 0 Å². The molecule has 0 aromatic carbocycles. The van der Waals surface area contributed by atoms with Crippen LogP contribution in [0.15, 0.2) is 24.4 Å². The van der Waals surface area contributed by atoms with Crippen LogP contribution >= 0.6 is 0 Å². The molecule has 0 aliphatic heterocycles. The van der Waals surface area contributed by atoms with E-state index < -0.39 is 30.5 Å². The summed E-state index contributed by atoms with van der Waals surface area (Å²) in [6, 6.07) is 5.51. The molecule has 1 fully saturated rings. The first-order valence-corrected chi connectivity index (χ1v) is 16.0. The number of methoxy groups -OCH3 is 1. The third-order valence-electron chi connectivity index (χ3n) is 7.70. The van der Waals surface area contributed by atoms with E-state index >= 15 is 0 Å². The number of ether oxygens (including phenoxy) is 3. The molecule has 1 aromatic heterocycles. The molecule has 2 N–H and O–H groups in total. The highest BCUT2D eigenvalue weighted by Gasteiger charge is 2.41. The maximum Gasteiger partial charge on any atom is 0.407 e. The first-order chi connectivity index (χ1) is 19.6. The number of aromatic nitrogens is 1. The number of rotatable bonds is 22. The summed E-state index contributed by atoms with van der Waals surface area (Å²) < 4.78 is 16.6. The van der Waals surface area contributed by atoms with Crippen molar-refractivity contribution in [2.24, 2.45) is 0 Å². The van der Waals surface area contributed by atoms with E-state index in [9.17, 15) is 9.59 Å². The molecule has 0 unspecified atom stereocenters. The third kappa shape index (κ3) is 15.4. The number of nitrogens with zero attached hydrogens (tertiary/aromatic N) is 1. The maximum atomic E-state index is 12.3. The number of carbonyl (C=O) groups is 2. The number of amides is 2. The number of hydrogen-bond donors (Lipinski definition) is 2. The van der Waals surface area contributed by atoms with Gasteiger partial charge in [0.1, 0.15) is 18.3 Å². The second-order valence-corrected chi connectivity index (χ2v) is 11.1. The molecule has 1 heterocycles. The van der Waals surface area contributed by atoms with Gasteiger partial charge < -0.3 is 24.8 Å². The molecule has 2 amide bonds. The summed E-state index contributed by atoms with van der Waals surface area (Å²) in [4.78, 5) is 28.7. The van der Waals surface area contributed by atoms with E-state index in [1.165, 1.54) is 89.9 Å². The third-order valence-corrected chi connectivity index (χ3v) is 7.70. The van der Waals surface area contributed by atoms with Gasteiger partial charge >= 0.3 is 12.2 Å². The van der Waals surface area contributed by atoms with Gasteiger partial charge in [-0.2, -0.15) is 0 Å². The van der Waals surface area contributed by atoms with E-state index in [2.05, 4.69) is 22.5 Å². The molecule has 2 rings (SSSR count). The molecule has 8 heteroatoms. The largest absolute Gasteiger partial charge is 0.443 e. The normalized spacial score (nSPS) is 18.4. The molecular weight excluding hydrogens is 506 g/mol. The van der Waals surface area contributed by atoms with Gasteiger partial charge in [0.2, 0.25) is 0 Å². The average Bonchev–Trinajstić information content (AvgIpc) is 3.34. The van der Waals surface area contributed by atoms with Crippen molar-refractivity contribution in [2.75, 3.05) is 13.7 Å². The Balaban J connectivity index is 1.42. The van der Waals surface area contributed by atoms with Crippen LogP contribution in [0.2, 0.25) is 0 Å². The van der Waals surface area contributed by atoms with E-state index in [1.54, 1.807) is 13.3 Å². The summed E-state index contributed by atoms with van der Waals surface area (Å²) in [5, 5.41) is 5.56. The highest BCUT2D eigenvalue weighted by molar-refractivity contribution is 5.68. The molecule has 1 saturated carbocycles. The van der Waals surface area contributed by atoms with Crippen LogP contribution in [-0.2, 0) is 20.8 Å². The fourth-order valence-electron chi connectivity index (χ4n) is 5.34. The highest BCUT2D eigenvalue weighted by atomic mass is 16.6. The second kappa shape index (κ2) is 22.4. The minimum absolute atomic E-state index is 0.283. The quantitative estimate of drug-likeness (QED) is 0.140. The zero-order chi connectivity index (χ0) is 28.7. The van der Waals surface area contributed by atoms with Crippen LogP contribution in [0.4, 0.5) is 9.59 Å². The Labute approximate surface area is 242 Å². The molecule has 0 bridgehead atoms. The number of nitrogens with one attached hydrogen (secondary N) is 2. The van der Waals surface area contributed by atoms with E-state index in [0.29, 0.717) is 19.4 Å². The smallest absolute Gasteiger partial charge is 0.407 e. The van der Waals surface area contributed by atoms with Gasteiger partial charge in [-0.25, -0.2) is 9.59 Å². The van der Waals surface area contributed by atoms with E-state index in [4.69, 9.17) is 14.2 Å². The van der Waals surface area contributed by atoms with Gasteiger partial charge in [0, 0.05) is 19.9 Å². The predicted molar refractivity (Wildman–Crippen MR) is 159 cm³/mol. The molecule has 1 aromatic rings. The van der Waals surface area contributed by atoms with Crippen molar-refractivity contribution in [3.8, 4) is 0 Å². The van der Waals surface area contributed by atoms with Crippen molar-refractivity contribution >= 4 is 12.2 Å². The zero-order valence-electron chi connectivity index (χ0n) is 25.2. The van der Waals surface area contributed by atoms with Gasteiger partial charge in [0.05, 0.1) is 12.2 Å². The van der Waals surface area contributed by atoms with E-state index in [1.807, 2.05) is 18.2 Å². The van der Waals surface area contributed by atoms with Crippen LogP contribution in [0, 0.1) is 0 Å². The van der Waals surface area contributed by atoms with Gasteiger partial charge in [0.25, 0.3) is 0 Å². The summed E-state index contributed by atoms with van der Waals surface area (Å²) in [6.45, 7) is 3.17. The lowest BCUT2D eigenvalue weighted by molar-refractivity contribution is -0.0546. The first-order valence-electron chi connectivity index (χ1n) is 16.0. The minimum atomic E-state index is -0.536. The molecular formula is C32H55N3O5. The molecule has 1 aliphatic rings. The van der Waals surface area contributed by atoms with Crippen molar-refractivity contribution in [1.29, 1.82) is 0 Å². The molecule has 8 nitrogen and oxygen atoms in total. The molecule has 40 heavy (non-hydrogen) atoms. The number of alkyl carbamates (subject to hydrolysis) is 2. The Morgan fingerprint density at radius 1 is 0.750 bits per heavy atom. The summed E-state index contributed by atoms with van der Waals surface area (Å²) in [5.74, 6) is 0. The second-order valence-electron chi connectivity index (χ2n) is 11.1. The van der Waals surface area contributed by atoms with Crippen molar-refractivity contribution in [2.45, 2.75) is 147 Å². The number of pyridine rings is 1. The summed E-state index contributed by atoms with van der Waals surface area (Å²) in [6.07, 6.45) is 21.7. The van der Waals surface area contributed by atoms with Crippen LogP contribution < -0.4 is 10.6 Å². The predicted octanol–water partition coefficient (Wildman–Crippen LogP) is 7.84. The Morgan fingerprint density at radius 3 is 1.73 bits per heavy atom. The molecule has 228 valence electrons. The fourth-order valence-corrected chi connectivity index (χ4v) is 5.34. The maximum absolute atomic E-state index is 12.3. The average molecular weight is 562 g/mol. The van der Waals surface area contributed by atoms with Crippen LogP contribution in [-0.4, -0.2) is 49.1 Å². The van der Waals surface area contributed by atoms with Gasteiger partial charge in [-0.15, -0.1) is 0 Å². The summed E-state index contributed by atoms with van der Waals surface area (Å²) in [7, 11) is 1.54. The Hall–Kier alpha value is -2.35. The molecule has 0 saturated heterocycles. The fraction of sp³-hybridized carbons (Fsp3) is 0.781. The lowest BCUT2D eigenvalue weighted by Crippen LogP contribution is -2.40. The Kier molecular flexibility index (Phi) is 18.9. The molecule has 1 aliphatic carbocycles. The Morgan fingerprint density at radius 2 is 1.25 bits per heavy atom. The van der Waals surface area contributed by atoms with E-state index in [-0.39, 0.29) is 6.54 Å². The number of unbranched alkanes of at least 4 members (excludes halogenated alkanes) is 15. The van der Waals surface area contributed by atoms with Crippen LogP contribution in [0.25, 0.3) is 0 Å². The van der Waals surface area contributed by atoms with Crippen LogP contribution in [0.5, 0.6) is 0 Å². The Bertz CT molecular complexity index is 779. The highest BCUT2D eigenvalue weighted by Crippen LogP contribution is 2.28. The first kappa shape index (κ1) is 33.9. The van der Waals surface area contributed by atoms with Crippen molar-refractivity contribution < 1.29 is 23.8 Å². The van der Waals surface area contributed by atoms with E-state index in [0.717, 1.165) is 18.5 Å². The molecule has 0 radical (unpaired) electrons. The van der Waals surface area contributed by atoms with Crippen molar-refractivity contribution in [3.05, 3.63) is 30.1 Å².